The Morgan fingerprint density at radius 2 is 1.11 bits per heavy atom. The van der Waals surface area contributed by atoms with E-state index in [1.54, 1.807) is 72.2 Å². The van der Waals surface area contributed by atoms with Crippen LogP contribution in [0.3, 0.4) is 0 Å². The maximum atomic E-state index is 15.5. The topological polar surface area (TPSA) is 206 Å². The molecule has 0 bridgehead atoms. The molecule has 0 aromatic heterocycles. The van der Waals surface area contributed by atoms with Gasteiger partial charge in [0, 0.05) is 59.2 Å². The summed E-state index contributed by atoms with van der Waals surface area (Å²) in [6.07, 6.45) is 0. The molecule has 21 heteroatoms. The Balaban J connectivity index is 1.05. The minimum atomic E-state index is -1.16. The Bertz CT molecular complexity index is 2130. The van der Waals surface area contributed by atoms with Crippen LogP contribution in [0.4, 0.5) is 14.5 Å². The third kappa shape index (κ3) is 13.4. The molecule has 1 unspecified atom stereocenters. The summed E-state index contributed by atoms with van der Waals surface area (Å²) < 4.78 is 63.1. The number of hydrogen-bond donors (Lipinski definition) is 2. The molecule has 3 aliphatic heterocycles. The summed E-state index contributed by atoms with van der Waals surface area (Å²) in [5, 5.41) is 2.51. The lowest BCUT2D eigenvalue weighted by molar-refractivity contribution is -0.131. The van der Waals surface area contributed by atoms with Crippen molar-refractivity contribution in [1.82, 2.24) is 15.1 Å². The van der Waals surface area contributed by atoms with Crippen LogP contribution in [0.25, 0.3) is 0 Å². The van der Waals surface area contributed by atoms with E-state index < -0.39 is 47.1 Å². The van der Waals surface area contributed by atoms with E-state index in [0.717, 1.165) is 35.7 Å². The monoisotopic (exact) mass is 955 g/mol. The van der Waals surface area contributed by atoms with Crippen molar-refractivity contribution in [2.75, 3.05) is 104 Å². The van der Waals surface area contributed by atoms with Gasteiger partial charge in [-0.05, 0) is 54.4 Å². The first kappa shape index (κ1) is 50.0. The minimum absolute atomic E-state index is 0.00946. The van der Waals surface area contributed by atoms with Crippen molar-refractivity contribution in [2.24, 2.45) is 11.7 Å². The van der Waals surface area contributed by atoms with Gasteiger partial charge in [0.2, 0.25) is 11.8 Å². The molecule has 0 spiro atoms. The zero-order valence-electron chi connectivity index (χ0n) is 36.4. The fourth-order valence-electron chi connectivity index (χ4n) is 6.77. The van der Waals surface area contributed by atoms with Crippen LogP contribution in [-0.2, 0) is 42.9 Å². The number of amides is 6. The molecule has 3 aromatic carbocycles. The fourth-order valence-corrected chi connectivity index (χ4v) is 8.75. The van der Waals surface area contributed by atoms with E-state index in [4.69, 9.17) is 34.2 Å². The highest BCUT2D eigenvalue weighted by molar-refractivity contribution is 8.08. The lowest BCUT2D eigenvalue weighted by Gasteiger charge is -2.26. The van der Waals surface area contributed by atoms with Crippen LogP contribution in [0.2, 0.25) is 0 Å². The van der Waals surface area contributed by atoms with Crippen molar-refractivity contribution in [2.45, 2.75) is 29.7 Å². The Morgan fingerprint density at radius 3 is 1.53 bits per heavy atom. The molecule has 3 aromatic rings. The summed E-state index contributed by atoms with van der Waals surface area (Å²) in [7, 11) is 0. The number of rotatable bonds is 22. The van der Waals surface area contributed by atoms with Crippen LogP contribution in [0.15, 0.2) is 80.3 Å². The highest BCUT2D eigenvalue weighted by Crippen LogP contribution is 2.44. The number of nitrogens with zero attached hydrogens (tertiary/aromatic N) is 3. The molecule has 3 heterocycles. The van der Waals surface area contributed by atoms with Crippen LogP contribution in [0.5, 0.6) is 5.75 Å². The molecule has 1 atom stereocenters. The number of benzene rings is 3. The van der Waals surface area contributed by atoms with E-state index >= 15 is 8.78 Å². The Labute approximate surface area is 388 Å². The largest absolute Gasteiger partial charge is 0.485 e. The third-order valence-corrected chi connectivity index (χ3v) is 12.5. The van der Waals surface area contributed by atoms with Crippen LogP contribution in [0, 0.1) is 17.6 Å². The maximum Gasteiger partial charge on any atom is 0.273 e. The normalized spacial score (nSPS) is 16.0. The number of anilines is 1. The fraction of sp³-hybridized carbons (Fsp3) is 0.422. The number of nitrogens with one attached hydrogen (secondary N) is 1. The lowest BCUT2D eigenvalue weighted by Crippen LogP contribution is -2.48. The van der Waals surface area contributed by atoms with Crippen molar-refractivity contribution in [1.29, 1.82) is 0 Å². The van der Waals surface area contributed by atoms with Crippen LogP contribution in [-0.4, -0.2) is 150 Å². The molecule has 2 saturated heterocycles. The SMILES string of the molecule is CC(C)C(NC(=O)COCCOCCOCCOc1c(F)cc(N2C(=O)C(Sc3ccc(C(=O)N4CCOCC4)cc3)=C(Sc3ccc(C(=O)N4CCOCC4)cc3)C2=O)cc1F)C(N)=O. The number of ether oxygens (including phenoxy) is 6. The molecule has 3 N–H and O–H groups in total. The number of thioether (sulfide) groups is 2. The Hall–Kier alpha value is -5.42. The summed E-state index contributed by atoms with van der Waals surface area (Å²) in [4.78, 5) is 82.9. The molecule has 354 valence electrons. The summed E-state index contributed by atoms with van der Waals surface area (Å²) >= 11 is 1.94. The van der Waals surface area contributed by atoms with Gasteiger partial charge in [0.05, 0.1) is 75.0 Å². The summed E-state index contributed by atoms with van der Waals surface area (Å²) in [6, 6.07) is 14.0. The summed E-state index contributed by atoms with van der Waals surface area (Å²) in [5.74, 6) is -6.33. The molecule has 0 aliphatic carbocycles. The number of halogens is 2. The van der Waals surface area contributed by atoms with Gasteiger partial charge in [0.25, 0.3) is 23.6 Å². The number of morpholine rings is 2. The quantitative estimate of drug-likeness (QED) is 0.109. The molecule has 2 fully saturated rings. The van der Waals surface area contributed by atoms with E-state index in [2.05, 4.69) is 5.32 Å². The molecule has 0 radical (unpaired) electrons. The molecule has 17 nitrogen and oxygen atoms in total. The first-order valence-electron chi connectivity index (χ1n) is 21.2. The second kappa shape index (κ2) is 24.4. The summed E-state index contributed by atoms with van der Waals surface area (Å²) in [5.41, 5.74) is 5.80. The van der Waals surface area contributed by atoms with Gasteiger partial charge in [0.15, 0.2) is 17.4 Å². The predicted molar refractivity (Wildman–Crippen MR) is 238 cm³/mol. The second-order valence-corrected chi connectivity index (χ2v) is 17.4. The molecule has 6 amide bonds. The van der Waals surface area contributed by atoms with Gasteiger partial charge in [-0.1, -0.05) is 37.4 Å². The molecular formula is C45H51F2N5O12S2. The number of carbonyl (C=O) groups excluding carboxylic acids is 6. The zero-order chi connectivity index (χ0) is 47.2. The standard InChI is InChI=1S/C45H51F2N5O12S2/c1-28(2)37(41(48)54)49-36(53)27-63-22-21-61-19-20-62-23-24-64-38-34(46)25-31(26-35(38)47)52-44(57)39(65-32-7-3-29(4-8-32)42(55)50-11-15-59-16-12-50)40(45(52)58)66-33-9-5-30(6-10-33)43(56)51-13-17-60-18-14-51/h3-10,25-26,28,37H,11-24,27H2,1-2H3,(H2,48,54)(H,49,53). The number of nitrogens with two attached hydrogens (primary N) is 1. The van der Waals surface area contributed by atoms with Gasteiger partial charge in [0.1, 0.15) is 19.3 Å². The van der Waals surface area contributed by atoms with Crippen molar-refractivity contribution in [3.05, 3.63) is 93.2 Å². The maximum absolute atomic E-state index is 15.5. The zero-order valence-corrected chi connectivity index (χ0v) is 38.1. The molecule has 0 saturated carbocycles. The van der Waals surface area contributed by atoms with Crippen molar-refractivity contribution >= 4 is 64.7 Å². The van der Waals surface area contributed by atoms with E-state index in [0.29, 0.717) is 78.4 Å². The smallest absolute Gasteiger partial charge is 0.273 e. The van der Waals surface area contributed by atoms with Gasteiger partial charge in [-0.25, -0.2) is 13.7 Å². The third-order valence-electron chi connectivity index (χ3n) is 10.2. The van der Waals surface area contributed by atoms with Crippen LogP contribution < -0.4 is 20.7 Å². The first-order valence-corrected chi connectivity index (χ1v) is 22.8. The Kier molecular flexibility index (Phi) is 18.5. The van der Waals surface area contributed by atoms with Crippen molar-refractivity contribution in [3.8, 4) is 5.75 Å². The number of imide groups is 1. The highest BCUT2D eigenvalue weighted by Gasteiger charge is 2.41. The highest BCUT2D eigenvalue weighted by atomic mass is 32.2. The minimum Gasteiger partial charge on any atom is -0.485 e. The van der Waals surface area contributed by atoms with Crippen molar-refractivity contribution < 1.29 is 66.0 Å². The van der Waals surface area contributed by atoms with E-state index in [1.807, 2.05) is 0 Å². The number of carbonyl (C=O) groups is 6. The van der Waals surface area contributed by atoms with Gasteiger partial charge in [-0.15, -0.1) is 0 Å². The van der Waals surface area contributed by atoms with Gasteiger partial charge in [-0.2, -0.15) is 0 Å². The van der Waals surface area contributed by atoms with Gasteiger partial charge < -0.3 is 49.3 Å². The molecular weight excluding hydrogens is 905 g/mol. The summed E-state index contributed by atoms with van der Waals surface area (Å²) in [6.45, 7) is 7.04. The van der Waals surface area contributed by atoms with Crippen LogP contribution in [0.1, 0.15) is 34.6 Å². The van der Waals surface area contributed by atoms with Crippen molar-refractivity contribution in [3.63, 3.8) is 0 Å². The first-order chi connectivity index (χ1) is 31.8. The van der Waals surface area contributed by atoms with Crippen LogP contribution >= 0.6 is 23.5 Å². The molecule has 6 rings (SSSR count). The molecule has 66 heavy (non-hydrogen) atoms. The Morgan fingerprint density at radius 1 is 0.682 bits per heavy atom. The van der Waals surface area contributed by atoms with E-state index in [-0.39, 0.29) is 79.5 Å². The number of hydrogen-bond acceptors (Lipinski definition) is 14. The van der Waals surface area contributed by atoms with E-state index in [1.165, 1.54) is 0 Å². The van der Waals surface area contributed by atoms with Gasteiger partial charge >= 0.3 is 0 Å². The lowest BCUT2D eigenvalue weighted by atomic mass is 10.0. The number of primary amides is 1. The van der Waals surface area contributed by atoms with Gasteiger partial charge in [-0.3, -0.25) is 28.8 Å². The van der Waals surface area contributed by atoms with E-state index in [9.17, 15) is 28.8 Å². The average Bonchev–Trinajstić information content (AvgIpc) is 3.54. The average molecular weight is 956 g/mol. The predicted octanol–water partition coefficient (Wildman–Crippen LogP) is 3.63. The molecule has 3 aliphatic rings. The second-order valence-electron chi connectivity index (χ2n) is 15.2.